The van der Waals surface area contributed by atoms with E-state index in [-0.39, 0.29) is 41.0 Å². The van der Waals surface area contributed by atoms with Crippen molar-refractivity contribution in [3.8, 4) is 5.75 Å². The molecule has 10 heteroatoms. The summed E-state index contributed by atoms with van der Waals surface area (Å²) in [6, 6.07) is 5.96. The molecule has 2 rings (SSSR count). The quantitative estimate of drug-likeness (QED) is 0.251. The fraction of sp³-hybridized carbons (Fsp3) is 0.632. The lowest BCUT2D eigenvalue weighted by Gasteiger charge is -2.34. The van der Waals surface area contributed by atoms with Crippen molar-refractivity contribution >= 4 is 41.7 Å². The van der Waals surface area contributed by atoms with Gasteiger partial charge < -0.3 is 25.2 Å². The van der Waals surface area contributed by atoms with Crippen molar-refractivity contribution in [2.75, 3.05) is 39.1 Å². The maximum Gasteiger partial charge on any atom is 0.387 e. The van der Waals surface area contributed by atoms with Gasteiger partial charge >= 0.3 is 6.61 Å². The molecule has 0 saturated carbocycles. The molecule has 0 amide bonds. The first-order chi connectivity index (χ1) is 13.5. The fourth-order valence-electron chi connectivity index (χ4n) is 2.92. The van der Waals surface area contributed by atoms with Gasteiger partial charge in [0.1, 0.15) is 5.75 Å². The van der Waals surface area contributed by atoms with Crippen molar-refractivity contribution < 1.29 is 23.4 Å². The summed E-state index contributed by atoms with van der Waals surface area (Å²) >= 11 is 1.82. The van der Waals surface area contributed by atoms with Crippen LogP contribution in [0.1, 0.15) is 31.4 Å². The van der Waals surface area contributed by atoms with Crippen molar-refractivity contribution in [2.24, 2.45) is 4.99 Å². The molecular formula is C19H30F2IN3O3S. The third-order valence-electron chi connectivity index (χ3n) is 4.66. The number of aliphatic hydroxyl groups is 1. The average molecular weight is 545 g/mol. The molecule has 0 aliphatic carbocycles. The summed E-state index contributed by atoms with van der Waals surface area (Å²) in [4.78, 5) is 4.70. The molecule has 0 aromatic heterocycles. The number of thioether (sulfide) groups is 1. The van der Waals surface area contributed by atoms with Gasteiger partial charge in [0.05, 0.1) is 12.6 Å². The third kappa shape index (κ3) is 8.81. The average Bonchev–Trinajstić information content (AvgIpc) is 2.70. The van der Waals surface area contributed by atoms with E-state index in [0.29, 0.717) is 24.6 Å². The summed E-state index contributed by atoms with van der Waals surface area (Å²) in [5.41, 5.74) is 0.606. The third-order valence-corrected chi connectivity index (χ3v) is 6.06. The molecule has 6 nitrogen and oxygen atoms in total. The van der Waals surface area contributed by atoms with Crippen LogP contribution in [0.3, 0.4) is 0 Å². The van der Waals surface area contributed by atoms with Crippen LogP contribution < -0.4 is 15.4 Å². The topological polar surface area (TPSA) is 75.1 Å². The second-order valence-electron chi connectivity index (χ2n) is 6.54. The normalized spacial score (nSPS) is 17.4. The molecule has 0 spiro atoms. The predicted octanol–water partition coefficient (Wildman–Crippen LogP) is 3.41. The van der Waals surface area contributed by atoms with Crippen LogP contribution in [0.5, 0.6) is 5.75 Å². The Kier molecular flexibility index (Phi) is 12.1. The lowest BCUT2D eigenvalue weighted by Crippen LogP contribution is -2.42. The first-order valence-corrected chi connectivity index (χ1v) is 10.6. The molecule has 0 bridgehead atoms. The number of nitrogens with zero attached hydrogens (tertiary/aromatic N) is 1. The van der Waals surface area contributed by atoms with Crippen LogP contribution in [0.15, 0.2) is 29.3 Å². The number of guanidine groups is 1. The number of halogens is 3. The molecule has 1 saturated heterocycles. The van der Waals surface area contributed by atoms with Crippen LogP contribution in [0.4, 0.5) is 8.78 Å². The number of benzene rings is 1. The number of hydrogen-bond acceptors (Lipinski definition) is 5. The number of aliphatic hydroxyl groups excluding tert-OH is 1. The number of nitrogens with one attached hydrogen (secondary N) is 2. The van der Waals surface area contributed by atoms with Crippen molar-refractivity contribution in [1.29, 1.82) is 0 Å². The van der Waals surface area contributed by atoms with Gasteiger partial charge in [0.25, 0.3) is 0 Å². The van der Waals surface area contributed by atoms with E-state index in [9.17, 15) is 13.9 Å². The van der Waals surface area contributed by atoms with E-state index >= 15 is 0 Å². The molecule has 1 aliphatic heterocycles. The standard InChI is InChI=1S/C19H29F2N3O3S.HI/c1-3-22-18(24-13-19(28-2)8-10-26-11-9-19)23-12-16(25)14-4-6-15(7-5-14)27-17(20)21;/h4-7,16-17,25H,3,8-13H2,1-2H3,(H2,22,23,24);1H. The van der Waals surface area contributed by atoms with Crippen molar-refractivity contribution in [3.63, 3.8) is 0 Å². The Balaban J connectivity index is 0.00000420. The van der Waals surface area contributed by atoms with Gasteiger partial charge in [-0.05, 0) is 43.7 Å². The summed E-state index contributed by atoms with van der Waals surface area (Å²) in [6.07, 6.45) is 3.23. The zero-order chi connectivity index (χ0) is 20.4. The highest BCUT2D eigenvalue weighted by Gasteiger charge is 2.31. The number of hydrogen-bond donors (Lipinski definition) is 3. The molecule has 1 fully saturated rings. The fourth-order valence-corrected chi connectivity index (χ4v) is 3.69. The van der Waals surface area contributed by atoms with Gasteiger partial charge in [0.15, 0.2) is 5.96 Å². The van der Waals surface area contributed by atoms with Gasteiger partial charge in [0, 0.05) is 31.1 Å². The maximum atomic E-state index is 12.2. The van der Waals surface area contributed by atoms with Crippen LogP contribution in [0.25, 0.3) is 0 Å². The van der Waals surface area contributed by atoms with Crippen LogP contribution in [-0.2, 0) is 4.74 Å². The summed E-state index contributed by atoms with van der Waals surface area (Å²) in [7, 11) is 0. The smallest absolute Gasteiger partial charge is 0.387 e. The van der Waals surface area contributed by atoms with E-state index in [4.69, 9.17) is 9.73 Å². The highest BCUT2D eigenvalue weighted by Crippen LogP contribution is 2.34. The lowest BCUT2D eigenvalue weighted by atomic mass is 9.99. The van der Waals surface area contributed by atoms with Crippen LogP contribution in [0, 0.1) is 0 Å². The SMILES string of the molecule is CCNC(=NCC1(SC)CCOCC1)NCC(O)c1ccc(OC(F)F)cc1.I. The van der Waals surface area contributed by atoms with Crippen LogP contribution in [0.2, 0.25) is 0 Å². The second-order valence-corrected chi connectivity index (χ2v) is 7.81. The van der Waals surface area contributed by atoms with E-state index in [0.717, 1.165) is 26.1 Å². The van der Waals surface area contributed by atoms with E-state index < -0.39 is 12.7 Å². The molecule has 1 aromatic carbocycles. The minimum atomic E-state index is -2.86. The zero-order valence-corrected chi connectivity index (χ0v) is 19.8. The number of ether oxygens (including phenoxy) is 2. The first kappa shape index (κ1) is 26.2. The zero-order valence-electron chi connectivity index (χ0n) is 16.7. The highest BCUT2D eigenvalue weighted by molar-refractivity contribution is 14.0. The molecule has 0 radical (unpaired) electrons. The van der Waals surface area contributed by atoms with Crippen LogP contribution in [-0.4, -0.2) is 61.5 Å². The Morgan fingerprint density at radius 3 is 2.48 bits per heavy atom. The maximum absolute atomic E-state index is 12.2. The minimum absolute atomic E-state index is 0. The largest absolute Gasteiger partial charge is 0.435 e. The second kappa shape index (κ2) is 13.5. The summed E-state index contributed by atoms with van der Waals surface area (Å²) in [5.74, 6) is 0.701. The van der Waals surface area contributed by atoms with Gasteiger partial charge in [-0.2, -0.15) is 20.5 Å². The van der Waals surface area contributed by atoms with E-state index in [1.54, 1.807) is 12.1 Å². The Morgan fingerprint density at radius 1 is 1.28 bits per heavy atom. The predicted molar refractivity (Wildman–Crippen MR) is 124 cm³/mol. The van der Waals surface area contributed by atoms with E-state index in [2.05, 4.69) is 21.6 Å². The summed E-state index contributed by atoms with van der Waals surface area (Å²) in [6.45, 7) is 2.25. The minimum Gasteiger partial charge on any atom is -0.435 e. The molecule has 166 valence electrons. The molecule has 1 aliphatic rings. The molecule has 1 aromatic rings. The molecule has 1 atom stereocenters. The number of rotatable bonds is 9. The first-order valence-electron chi connectivity index (χ1n) is 9.36. The lowest BCUT2D eigenvalue weighted by molar-refractivity contribution is -0.0498. The van der Waals surface area contributed by atoms with Crippen LogP contribution >= 0.6 is 35.7 Å². The Labute approximate surface area is 192 Å². The van der Waals surface area contributed by atoms with Crippen molar-refractivity contribution in [2.45, 2.75) is 37.2 Å². The van der Waals surface area contributed by atoms with Crippen molar-refractivity contribution in [1.82, 2.24) is 10.6 Å². The number of aliphatic imine (C=N–C) groups is 1. The van der Waals surface area contributed by atoms with E-state index in [1.165, 1.54) is 12.1 Å². The Morgan fingerprint density at radius 2 is 1.93 bits per heavy atom. The molecule has 1 unspecified atom stereocenters. The molecular weight excluding hydrogens is 515 g/mol. The monoisotopic (exact) mass is 545 g/mol. The summed E-state index contributed by atoms with van der Waals surface area (Å²) in [5, 5.41) is 16.7. The molecule has 3 N–H and O–H groups in total. The van der Waals surface area contributed by atoms with E-state index in [1.807, 2.05) is 18.7 Å². The van der Waals surface area contributed by atoms with Gasteiger partial charge in [-0.15, -0.1) is 24.0 Å². The van der Waals surface area contributed by atoms with Crippen molar-refractivity contribution in [3.05, 3.63) is 29.8 Å². The van der Waals surface area contributed by atoms with Gasteiger partial charge in [-0.3, -0.25) is 4.99 Å². The van der Waals surface area contributed by atoms with Gasteiger partial charge in [-0.25, -0.2) is 0 Å². The summed E-state index contributed by atoms with van der Waals surface area (Å²) < 4.78 is 34.3. The Bertz CT molecular complexity index is 617. The molecule has 29 heavy (non-hydrogen) atoms. The molecule has 1 heterocycles. The Hall–Kier alpha value is -0.850. The highest BCUT2D eigenvalue weighted by atomic mass is 127. The van der Waals surface area contributed by atoms with Gasteiger partial charge in [0.2, 0.25) is 0 Å². The van der Waals surface area contributed by atoms with Gasteiger partial charge in [-0.1, -0.05) is 12.1 Å². The number of alkyl halides is 2.